The standard InChI is InChI=1S/C8H10BrNO/c9-7-1-2-8(10)6(5-7)3-4-11/h1-2,5,11H,3-4,10H2. The van der Waals surface area contributed by atoms with E-state index >= 15 is 0 Å². The lowest BCUT2D eigenvalue weighted by molar-refractivity contribution is 0.300. The number of aliphatic hydroxyl groups excluding tert-OH is 1. The molecule has 0 aliphatic carbocycles. The Morgan fingerprint density at radius 3 is 2.82 bits per heavy atom. The summed E-state index contributed by atoms with van der Waals surface area (Å²) in [6.07, 6.45) is 0.616. The van der Waals surface area contributed by atoms with Gasteiger partial charge in [-0.1, -0.05) is 15.9 Å². The second kappa shape index (κ2) is 3.74. The molecule has 60 valence electrons. The van der Waals surface area contributed by atoms with Gasteiger partial charge < -0.3 is 10.8 Å². The molecule has 0 saturated carbocycles. The summed E-state index contributed by atoms with van der Waals surface area (Å²) in [7, 11) is 0. The molecule has 0 aromatic heterocycles. The van der Waals surface area contributed by atoms with E-state index in [1.54, 1.807) is 0 Å². The summed E-state index contributed by atoms with van der Waals surface area (Å²) >= 11 is 3.33. The zero-order valence-electron chi connectivity index (χ0n) is 6.05. The molecular weight excluding hydrogens is 206 g/mol. The van der Waals surface area contributed by atoms with Crippen LogP contribution in [0.4, 0.5) is 5.69 Å². The molecule has 0 radical (unpaired) electrons. The lowest BCUT2D eigenvalue weighted by atomic mass is 10.1. The molecule has 0 aliphatic heterocycles. The van der Waals surface area contributed by atoms with Gasteiger partial charge in [-0.3, -0.25) is 0 Å². The van der Waals surface area contributed by atoms with E-state index in [9.17, 15) is 0 Å². The number of nitrogen functional groups attached to an aromatic ring is 1. The molecule has 1 aromatic rings. The van der Waals surface area contributed by atoms with Gasteiger partial charge >= 0.3 is 0 Å². The number of nitrogens with two attached hydrogens (primary N) is 1. The first-order valence-corrected chi connectivity index (χ1v) is 4.18. The van der Waals surface area contributed by atoms with E-state index in [1.165, 1.54) is 0 Å². The Kier molecular flexibility index (Phi) is 2.91. The van der Waals surface area contributed by atoms with Crippen molar-refractivity contribution >= 4 is 21.6 Å². The van der Waals surface area contributed by atoms with Crippen LogP contribution in [0.25, 0.3) is 0 Å². The van der Waals surface area contributed by atoms with Crippen LogP contribution in [0, 0.1) is 0 Å². The second-order valence-corrected chi connectivity index (χ2v) is 3.23. The molecule has 0 bridgehead atoms. The van der Waals surface area contributed by atoms with Crippen molar-refractivity contribution in [2.75, 3.05) is 12.3 Å². The Bertz CT molecular complexity index is 250. The van der Waals surface area contributed by atoms with Crippen LogP contribution in [-0.4, -0.2) is 11.7 Å². The first kappa shape index (κ1) is 8.56. The minimum absolute atomic E-state index is 0.140. The number of halogens is 1. The molecule has 1 rings (SSSR count). The van der Waals surface area contributed by atoms with Crippen LogP contribution in [0.15, 0.2) is 22.7 Å². The Hall–Kier alpha value is -0.540. The van der Waals surface area contributed by atoms with Gasteiger partial charge in [0.25, 0.3) is 0 Å². The lowest BCUT2D eigenvalue weighted by Gasteiger charge is -2.02. The van der Waals surface area contributed by atoms with Gasteiger partial charge in [0.2, 0.25) is 0 Å². The van der Waals surface area contributed by atoms with E-state index in [2.05, 4.69) is 15.9 Å². The summed E-state index contributed by atoms with van der Waals surface area (Å²) in [4.78, 5) is 0. The third kappa shape index (κ3) is 2.20. The lowest BCUT2D eigenvalue weighted by Crippen LogP contribution is -1.96. The van der Waals surface area contributed by atoms with Gasteiger partial charge in [0, 0.05) is 16.8 Å². The molecule has 0 aliphatic rings. The number of hydrogen-bond acceptors (Lipinski definition) is 2. The first-order chi connectivity index (χ1) is 5.24. The Labute approximate surface area is 74.2 Å². The Balaban J connectivity index is 2.93. The van der Waals surface area contributed by atoms with Crippen LogP contribution >= 0.6 is 15.9 Å². The molecule has 0 heterocycles. The van der Waals surface area contributed by atoms with Crippen LogP contribution in [0.1, 0.15) is 5.56 Å². The topological polar surface area (TPSA) is 46.2 Å². The third-order valence-electron chi connectivity index (χ3n) is 1.49. The smallest absolute Gasteiger partial charge is 0.0472 e. The van der Waals surface area contributed by atoms with Crippen LogP contribution in [-0.2, 0) is 6.42 Å². The third-order valence-corrected chi connectivity index (χ3v) is 1.98. The normalized spacial score (nSPS) is 10.0. The van der Waals surface area contributed by atoms with Gasteiger partial charge in [0.05, 0.1) is 0 Å². The van der Waals surface area contributed by atoms with Gasteiger partial charge in [-0.25, -0.2) is 0 Å². The molecule has 11 heavy (non-hydrogen) atoms. The van der Waals surface area contributed by atoms with Crippen molar-refractivity contribution in [1.82, 2.24) is 0 Å². The number of anilines is 1. The highest BCUT2D eigenvalue weighted by Gasteiger charge is 1.97. The zero-order valence-corrected chi connectivity index (χ0v) is 7.63. The monoisotopic (exact) mass is 215 g/mol. The van der Waals surface area contributed by atoms with E-state index in [0.29, 0.717) is 6.42 Å². The van der Waals surface area contributed by atoms with Crippen molar-refractivity contribution in [3.05, 3.63) is 28.2 Å². The van der Waals surface area contributed by atoms with Crippen molar-refractivity contribution in [2.45, 2.75) is 6.42 Å². The summed E-state index contributed by atoms with van der Waals surface area (Å²) in [5.74, 6) is 0. The van der Waals surface area contributed by atoms with E-state index < -0.39 is 0 Å². The van der Waals surface area contributed by atoms with E-state index in [0.717, 1.165) is 15.7 Å². The summed E-state index contributed by atoms with van der Waals surface area (Å²) in [5, 5.41) is 8.66. The molecule has 1 aromatic carbocycles. The molecule has 0 unspecified atom stereocenters. The summed E-state index contributed by atoms with van der Waals surface area (Å²) in [6, 6.07) is 5.64. The molecule has 2 nitrogen and oxygen atoms in total. The summed E-state index contributed by atoms with van der Waals surface area (Å²) < 4.78 is 0.996. The second-order valence-electron chi connectivity index (χ2n) is 2.32. The van der Waals surface area contributed by atoms with Crippen molar-refractivity contribution in [1.29, 1.82) is 0 Å². The SMILES string of the molecule is Nc1ccc(Br)cc1CCO. The molecule has 0 saturated heterocycles. The Morgan fingerprint density at radius 2 is 2.18 bits per heavy atom. The van der Waals surface area contributed by atoms with Crippen molar-refractivity contribution < 1.29 is 5.11 Å². The number of benzene rings is 1. The average Bonchev–Trinajstić information content (AvgIpc) is 1.98. The number of rotatable bonds is 2. The highest BCUT2D eigenvalue weighted by Crippen LogP contribution is 2.18. The first-order valence-electron chi connectivity index (χ1n) is 3.39. The van der Waals surface area contributed by atoms with Gasteiger partial charge in [-0.15, -0.1) is 0 Å². The maximum Gasteiger partial charge on any atom is 0.0472 e. The average molecular weight is 216 g/mol. The van der Waals surface area contributed by atoms with Crippen LogP contribution < -0.4 is 5.73 Å². The molecule has 0 spiro atoms. The summed E-state index contributed by atoms with van der Waals surface area (Å²) in [6.45, 7) is 0.140. The minimum Gasteiger partial charge on any atom is -0.399 e. The maximum absolute atomic E-state index is 8.66. The van der Waals surface area contributed by atoms with Crippen molar-refractivity contribution in [3.63, 3.8) is 0 Å². The van der Waals surface area contributed by atoms with Gasteiger partial charge in [-0.05, 0) is 30.2 Å². The van der Waals surface area contributed by atoms with E-state index in [4.69, 9.17) is 10.8 Å². The zero-order chi connectivity index (χ0) is 8.27. The number of hydrogen-bond donors (Lipinski definition) is 2. The fourth-order valence-corrected chi connectivity index (χ4v) is 1.32. The molecule has 0 atom stereocenters. The van der Waals surface area contributed by atoms with E-state index in [1.807, 2.05) is 18.2 Å². The molecular formula is C8H10BrNO. The summed E-state index contributed by atoms with van der Waals surface area (Å²) in [5.41, 5.74) is 7.37. The maximum atomic E-state index is 8.66. The highest BCUT2D eigenvalue weighted by molar-refractivity contribution is 9.10. The van der Waals surface area contributed by atoms with Crippen molar-refractivity contribution in [2.24, 2.45) is 0 Å². The predicted molar refractivity (Wildman–Crippen MR) is 49.3 cm³/mol. The molecule has 3 N–H and O–H groups in total. The minimum atomic E-state index is 0.140. The molecule has 0 amide bonds. The number of aliphatic hydroxyl groups is 1. The van der Waals surface area contributed by atoms with Crippen LogP contribution in [0.3, 0.4) is 0 Å². The Morgan fingerprint density at radius 1 is 1.45 bits per heavy atom. The van der Waals surface area contributed by atoms with Gasteiger partial charge in [0.15, 0.2) is 0 Å². The van der Waals surface area contributed by atoms with Crippen LogP contribution in [0.5, 0.6) is 0 Å². The predicted octanol–water partition coefficient (Wildman–Crippen LogP) is 1.57. The van der Waals surface area contributed by atoms with E-state index in [-0.39, 0.29) is 6.61 Å². The highest BCUT2D eigenvalue weighted by atomic mass is 79.9. The van der Waals surface area contributed by atoms with Gasteiger partial charge in [0.1, 0.15) is 0 Å². The fourth-order valence-electron chi connectivity index (χ4n) is 0.911. The molecule has 0 fully saturated rings. The van der Waals surface area contributed by atoms with Crippen molar-refractivity contribution in [3.8, 4) is 0 Å². The largest absolute Gasteiger partial charge is 0.399 e. The van der Waals surface area contributed by atoms with Gasteiger partial charge in [-0.2, -0.15) is 0 Å². The molecule has 3 heteroatoms. The quantitative estimate of drug-likeness (QED) is 0.737. The van der Waals surface area contributed by atoms with Crippen LogP contribution in [0.2, 0.25) is 0 Å². The fraction of sp³-hybridized carbons (Fsp3) is 0.250.